The van der Waals surface area contributed by atoms with Gasteiger partial charge < -0.3 is 9.47 Å². The lowest BCUT2D eigenvalue weighted by atomic mass is 10.0. The third-order valence-electron chi connectivity index (χ3n) is 5.24. The van der Waals surface area contributed by atoms with Gasteiger partial charge in [-0.1, -0.05) is 35.9 Å². The molecule has 0 atom stereocenters. The largest absolute Gasteiger partial charge is 0.496 e. The molecule has 36 heavy (non-hydrogen) atoms. The van der Waals surface area contributed by atoms with Crippen molar-refractivity contribution in [2.75, 3.05) is 12.0 Å². The molecule has 0 saturated heterocycles. The summed E-state index contributed by atoms with van der Waals surface area (Å²) in [4.78, 5) is 40.0. The van der Waals surface area contributed by atoms with Crippen molar-refractivity contribution in [3.63, 3.8) is 0 Å². The van der Waals surface area contributed by atoms with E-state index in [2.05, 4.69) is 9.97 Å². The Morgan fingerprint density at radius 1 is 1.06 bits per heavy atom. The third kappa shape index (κ3) is 7.13. The number of ether oxygens (including phenoxy) is 2. The number of hydrogen-bond acceptors (Lipinski definition) is 7. The highest BCUT2D eigenvalue weighted by Gasteiger charge is 2.27. The summed E-state index contributed by atoms with van der Waals surface area (Å²) in [6, 6.07) is 9.85. The van der Waals surface area contributed by atoms with E-state index in [-0.39, 0.29) is 17.8 Å². The Kier molecular flexibility index (Phi) is 9.73. The number of carbonyl (C=O) groups is 1. The number of anilines is 1. The monoisotopic (exact) mass is 511 g/mol. The van der Waals surface area contributed by atoms with Gasteiger partial charge in [0.05, 0.1) is 25.0 Å². The van der Waals surface area contributed by atoms with Gasteiger partial charge in [0.15, 0.2) is 5.15 Å². The van der Waals surface area contributed by atoms with Crippen LogP contribution in [0.3, 0.4) is 0 Å². The Morgan fingerprint density at radius 2 is 1.69 bits per heavy atom. The number of hydrogen-bond donors (Lipinski definition) is 0. The summed E-state index contributed by atoms with van der Waals surface area (Å²) in [5, 5.41) is 0.204. The maximum absolute atomic E-state index is 13.3. The number of methoxy groups -OCH3 is 1. The first-order chi connectivity index (χ1) is 16.9. The first kappa shape index (κ1) is 28.5. The zero-order chi connectivity index (χ0) is 27.0. The Hall–Kier alpha value is -3.74. The van der Waals surface area contributed by atoms with Crippen LogP contribution in [0.4, 0.5) is 10.5 Å². The maximum Gasteiger partial charge on any atom is 0.415 e. The van der Waals surface area contributed by atoms with Gasteiger partial charge in [0.25, 0.3) is 0 Å². The van der Waals surface area contributed by atoms with Crippen molar-refractivity contribution in [1.82, 2.24) is 9.97 Å². The molecule has 8 nitrogen and oxygen atoms in total. The van der Waals surface area contributed by atoms with E-state index in [1.807, 2.05) is 71.9 Å². The number of halogens is 1. The van der Waals surface area contributed by atoms with Crippen molar-refractivity contribution >= 4 is 29.5 Å². The molecule has 0 unspecified atom stereocenters. The Morgan fingerprint density at radius 3 is 2.28 bits per heavy atom. The summed E-state index contributed by atoms with van der Waals surface area (Å²) < 4.78 is 11.3. The average molecular weight is 512 g/mol. The van der Waals surface area contributed by atoms with E-state index >= 15 is 0 Å². The van der Waals surface area contributed by atoms with Crippen LogP contribution in [0.15, 0.2) is 42.7 Å². The van der Waals surface area contributed by atoms with Crippen molar-refractivity contribution in [3.8, 4) is 16.9 Å². The Bertz CT molecular complexity index is 1260. The predicted molar refractivity (Wildman–Crippen MR) is 137 cm³/mol. The van der Waals surface area contributed by atoms with Crippen LogP contribution in [0.2, 0.25) is 5.15 Å². The molecule has 0 aliphatic rings. The van der Waals surface area contributed by atoms with Gasteiger partial charge in [0, 0.05) is 29.1 Å². The number of aromatic nitrogens is 2. The lowest BCUT2D eigenvalue weighted by Gasteiger charge is -2.28. The third-order valence-corrected chi connectivity index (χ3v) is 5.53. The molecule has 9 heteroatoms. The van der Waals surface area contributed by atoms with Gasteiger partial charge >= 0.3 is 12.2 Å². The van der Waals surface area contributed by atoms with Gasteiger partial charge in [-0.25, -0.2) is 9.78 Å². The number of carbonyl (C=O) groups excluding carboxylic acids is 3. The Balaban J connectivity index is 0.00000145. The number of pyridine rings is 2. The summed E-state index contributed by atoms with van der Waals surface area (Å²) in [6.07, 6.45) is 3.16. The number of benzene rings is 1. The Labute approximate surface area is 216 Å². The maximum atomic E-state index is 13.3. The highest BCUT2D eigenvalue weighted by atomic mass is 35.5. The molecule has 1 aromatic carbocycles. The number of aryl methyl sites for hydroxylation is 2. The van der Waals surface area contributed by atoms with Crippen LogP contribution in [0.1, 0.15) is 43.2 Å². The molecule has 2 aromatic heterocycles. The zero-order valence-electron chi connectivity index (χ0n) is 21.5. The molecular weight excluding hydrogens is 482 g/mol. The van der Waals surface area contributed by atoms with Crippen molar-refractivity contribution in [2.45, 2.75) is 53.7 Å². The number of nitrogens with zero attached hydrogens (tertiary/aromatic N) is 3. The molecule has 3 aromatic rings. The van der Waals surface area contributed by atoms with Gasteiger partial charge in [-0.05, 0) is 58.7 Å². The number of rotatable bonds is 5. The van der Waals surface area contributed by atoms with Crippen molar-refractivity contribution in [2.24, 2.45) is 0 Å². The molecule has 1 amide bonds. The number of amides is 1. The summed E-state index contributed by atoms with van der Waals surface area (Å²) in [5.41, 5.74) is 5.18. The van der Waals surface area contributed by atoms with E-state index in [0.29, 0.717) is 11.4 Å². The fourth-order valence-electron chi connectivity index (χ4n) is 3.62. The molecule has 0 aliphatic carbocycles. The second-order valence-electron chi connectivity index (χ2n) is 9.04. The molecule has 0 radical (unpaired) electrons. The van der Waals surface area contributed by atoms with E-state index in [1.165, 1.54) is 4.90 Å². The minimum Gasteiger partial charge on any atom is -0.496 e. The molecule has 0 aliphatic heterocycles. The van der Waals surface area contributed by atoms with E-state index < -0.39 is 11.7 Å². The van der Waals surface area contributed by atoms with Gasteiger partial charge in [-0.2, -0.15) is 9.59 Å². The fourth-order valence-corrected chi connectivity index (χ4v) is 3.82. The molecule has 190 valence electrons. The van der Waals surface area contributed by atoms with Crippen LogP contribution in [0.25, 0.3) is 11.1 Å². The first-order valence-corrected chi connectivity index (χ1v) is 11.5. The van der Waals surface area contributed by atoms with Gasteiger partial charge in [0.1, 0.15) is 11.4 Å². The van der Waals surface area contributed by atoms with E-state index in [1.54, 1.807) is 19.5 Å². The normalized spacial score (nSPS) is 10.6. The highest BCUT2D eigenvalue weighted by molar-refractivity contribution is 6.32. The fraction of sp³-hybridized carbons (Fsp3) is 0.333. The van der Waals surface area contributed by atoms with Crippen LogP contribution >= 0.6 is 11.6 Å². The SMILES string of the molecule is COc1c(C)cnc(CN(C(=O)OC(C)(C)C)c2cc(-c3ccccc3C)cnc2Cl)c1C.O=C=O. The second kappa shape index (κ2) is 12.3. The minimum absolute atomic E-state index is 0.149. The van der Waals surface area contributed by atoms with Gasteiger partial charge in [-0.15, -0.1) is 0 Å². The van der Waals surface area contributed by atoms with Gasteiger partial charge in [0.2, 0.25) is 0 Å². The molecule has 0 fully saturated rings. The smallest absolute Gasteiger partial charge is 0.415 e. The molecule has 0 spiro atoms. The van der Waals surface area contributed by atoms with Crippen molar-refractivity contribution in [1.29, 1.82) is 0 Å². The van der Waals surface area contributed by atoms with Crippen molar-refractivity contribution in [3.05, 3.63) is 70.3 Å². The predicted octanol–water partition coefficient (Wildman–Crippen LogP) is 6.09. The van der Waals surface area contributed by atoms with Crippen LogP contribution in [-0.2, 0) is 20.9 Å². The molecular formula is C27H30ClN3O5. The molecule has 3 rings (SSSR count). The van der Waals surface area contributed by atoms with Crippen molar-refractivity contribution < 1.29 is 23.9 Å². The second-order valence-corrected chi connectivity index (χ2v) is 9.40. The molecule has 0 bridgehead atoms. The summed E-state index contributed by atoms with van der Waals surface area (Å²) in [6.45, 7) is 11.5. The van der Waals surface area contributed by atoms with E-state index in [4.69, 9.17) is 30.7 Å². The average Bonchev–Trinajstić information content (AvgIpc) is 2.79. The standard InChI is InChI=1S/C26H30ClN3O3.CO2/c1-16-10-8-9-11-20(16)19-12-22(24(27)29-14-19)30(25(31)33-26(4,5)6)15-21-18(3)23(32-7)17(2)13-28-21;2-1-3/h8-14H,15H2,1-7H3;. The topological polar surface area (TPSA) is 98.7 Å². The minimum atomic E-state index is -0.684. The van der Waals surface area contributed by atoms with Crippen LogP contribution in [0, 0.1) is 20.8 Å². The molecule has 0 saturated carbocycles. The summed E-state index contributed by atoms with van der Waals surface area (Å²) >= 11 is 6.52. The lowest BCUT2D eigenvalue weighted by Crippen LogP contribution is -2.37. The highest BCUT2D eigenvalue weighted by Crippen LogP contribution is 2.34. The van der Waals surface area contributed by atoms with E-state index in [9.17, 15) is 4.79 Å². The lowest BCUT2D eigenvalue weighted by molar-refractivity contribution is -0.191. The molecule has 0 N–H and O–H groups in total. The first-order valence-electron chi connectivity index (χ1n) is 11.1. The molecule has 2 heterocycles. The quantitative estimate of drug-likeness (QED) is 0.382. The van der Waals surface area contributed by atoms with E-state index in [0.717, 1.165) is 33.6 Å². The van der Waals surface area contributed by atoms with Gasteiger partial charge in [-0.3, -0.25) is 9.88 Å². The zero-order valence-corrected chi connectivity index (χ0v) is 22.3. The van der Waals surface area contributed by atoms with Crippen LogP contribution in [-0.4, -0.2) is 34.9 Å². The van der Waals surface area contributed by atoms with Crippen LogP contribution in [0.5, 0.6) is 5.75 Å². The van der Waals surface area contributed by atoms with Crippen LogP contribution < -0.4 is 9.64 Å². The summed E-state index contributed by atoms with van der Waals surface area (Å²) in [7, 11) is 1.62. The summed E-state index contributed by atoms with van der Waals surface area (Å²) in [5.74, 6) is 0.738.